The number of rotatable bonds is 4. The molecule has 1 aromatic carbocycles. The van der Waals surface area contributed by atoms with Crippen molar-refractivity contribution in [2.75, 3.05) is 24.6 Å². The number of benzene rings is 1. The van der Waals surface area contributed by atoms with Crippen LogP contribution in [0, 0.1) is 6.92 Å². The fourth-order valence-corrected chi connectivity index (χ4v) is 3.43. The Kier molecular flexibility index (Phi) is 4.28. The predicted molar refractivity (Wildman–Crippen MR) is 96.3 cm³/mol. The molecular formula is C19H20N4O3. The fourth-order valence-electron chi connectivity index (χ4n) is 3.43. The van der Waals surface area contributed by atoms with E-state index in [9.17, 15) is 4.79 Å². The Labute approximate surface area is 151 Å². The number of hydrogen-bond acceptors (Lipinski definition) is 7. The maximum atomic E-state index is 12.1. The lowest BCUT2D eigenvalue weighted by Gasteiger charge is -2.19. The van der Waals surface area contributed by atoms with Gasteiger partial charge in [0.1, 0.15) is 11.2 Å². The zero-order valence-corrected chi connectivity index (χ0v) is 14.8. The SMILES string of the molecule is CCOC(=O)c1nc(N2CCC(c3ccccc3)C2)c2c(C)noc2n1. The highest BCUT2D eigenvalue weighted by molar-refractivity contribution is 5.93. The van der Waals surface area contributed by atoms with Gasteiger partial charge in [0.05, 0.1) is 12.3 Å². The van der Waals surface area contributed by atoms with Crippen molar-refractivity contribution in [3.05, 3.63) is 47.4 Å². The lowest BCUT2D eigenvalue weighted by atomic mass is 9.99. The van der Waals surface area contributed by atoms with Crippen LogP contribution < -0.4 is 4.90 Å². The molecule has 3 aromatic rings. The summed E-state index contributed by atoms with van der Waals surface area (Å²) in [5, 5.41) is 4.75. The van der Waals surface area contributed by atoms with E-state index in [4.69, 9.17) is 9.26 Å². The zero-order chi connectivity index (χ0) is 18.1. The van der Waals surface area contributed by atoms with Crippen molar-refractivity contribution < 1.29 is 14.1 Å². The van der Waals surface area contributed by atoms with Gasteiger partial charge in [-0.3, -0.25) is 0 Å². The Hall–Kier alpha value is -2.96. The molecule has 3 heterocycles. The minimum Gasteiger partial charge on any atom is -0.460 e. The van der Waals surface area contributed by atoms with E-state index in [1.807, 2.05) is 13.0 Å². The second kappa shape index (κ2) is 6.74. The smallest absolute Gasteiger partial charge is 0.376 e. The summed E-state index contributed by atoms with van der Waals surface area (Å²) in [5.41, 5.74) is 2.35. The quantitative estimate of drug-likeness (QED) is 0.667. The number of carbonyl (C=O) groups excluding carboxylic acids is 1. The molecule has 7 nitrogen and oxygen atoms in total. The summed E-state index contributed by atoms with van der Waals surface area (Å²) >= 11 is 0. The van der Waals surface area contributed by atoms with Crippen LogP contribution in [0.25, 0.3) is 11.1 Å². The minimum atomic E-state index is -0.552. The van der Waals surface area contributed by atoms with Gasteiger partial charge in [-0.15, -0.1) is 0 Å². The van der Waals surface area contributed by atoms with E-state index >= 15 is 0 Å². The molecule has 2 aromatic heterocycles. The lowest BCUT2D eigenvalue weighted by Crippen LogP contribution is -2.22. The van der Waals surface area contributed by atoms with Gasteiger partial charge in [0.2, 0.25) is 5.82 Å². The number of aryl methyl sites for hydroxylation is 1. The predicted octanol–water partition coefficient (Wildman–Crippen LogP) is 3.10. The Morgan fingerprint density at radius 3 is 2.88 bits per heavy atom. The van der Waals surface area contributed by atoms with E-state index in [0.717, 1.165) is 24.9 Å². The third-order valence-electron chi connectivity index (χ3n) is 4.70. The number of aromatic nitrogens is 3. The first-order valence-electron chi connectivity index (χ1n) is 8.78. The molecule has 1 unspecified atom stereocenters. The van der Waals surface area contributed by atoms with Crippen LogP contribution >= 0.6 is 0 Å². The highest BCUT2D eigenvalue weighted by Crippen LogP contribution is 2.34. The van der Waals surface area contributed by atoms with E-state index in [1.54, 1.807) is 6.92 Å². The second-order valence-corrected chi connectivity index (χ2v) is 6.38. The molecule has 0 N–H and O–H groups in total. The standard InChI is InChI=1S/C19H20N4O3/c1-3-25-19(24)16-20-17(15-12(2)22-26-18(15)21-16)23-10-9-14(11-23)13-7-5-4-6-8-13/h4-8,14H,3,9-11H2,1-2H3. The first-order chi connectivity index (χ1) is 12.7. The Balaban J connectivity index is 1.71. The van der Waals surface area contributed by atoms with Gasteiger partial charge in [-0.25, -0.2) is 9.78 Å². The van der Waals surface area contributed by atoms with E-state index in [2.05, 4.69) is 44.3 Å². The van der Waals surface area contributed by atoms with E-state index in [-0.39, 0.29) is 12.4 Å². The van der Waals surface area contributed by atoms with E-state index in [0.29, 0.717) is 23.1 Å². The zero-order valence-electron chi connectivity index (χ0n) is 14.8. The summed E-state index contributed by atoms with van der Waals surface area (Å²) in [5.74, 6) is 0.569. The van der Waals surface area contributed by atoms with Crippen LogP contribution in [-0.4, -0.2) is 40.8 Å². The van der Waals surface area contributed by atoms with Crippen LogP contribution in [0.1, 0.15) is 41.1 Å². The average Bonchev–Trinajstić information content (AvgIpc) is 3.30. The van der Waals surface area contributed by atoms with Crippen molar-refractivity contribution in [1.82, 2.24) is 15.1 Å². The van der Waals surface area contributed by atoms with Crippen molar-refractivity contribution in [1.29, 1.82) is 0 Å². The molecule has 1 aliphatic rings. The van der Waals surface area contributed by atoms with Crippen molar-refractivity contribution in [2.45, 2.75) is 26.2 Å². The molecule has 7 heteroatoms. The van der Waals surface area contributed by atoms with Crippen LogP contribution in [-0.2, 0) is 4.74 Å². The van der Waals surface area contributed by atoms with Crippen LogP contribution in [0.4, 0.5) is 5.82 Å². The Morgan fingerprint density at radius 1 is 1.31 bits per heavy atom. The average molecular weight is 352 g/mol. The van der Waals surface area contributed by atoms with E-state index < -0.39 is 5.97 Å². The molecule has 0 amide bonds. The van der Waals surface area contributed by atoms with Gasteiger partial charge < -0.3 is 14.2 Å². The summed E-state index contributed by atoms with van der Waals surface area (Å²) in [4.78, 5) is 23.0. The van der Waals surface area contributed by atoms with Gasteiger partial charge in [0, 0.05) is 19.0 Å². The summed E-state index contributed by atoms with van der Waals surface area (Å²) in [6.45, 7) is 5.54. The van der Waals surface area contributed by atoms with Gasteiger partial charge >= 0.3 is 5.97 Å². The summed E-state index contributed by atoms with van der Waals surface area (Å²) in [6.07, 6.45) is 1.02. The monoisotopic (exact) mass is 352 g/mol. The third kappa shape index (κ3) is 2.89. The number of fused-ring (bicyclic) bond motifs is 1. The first kappa shape index (κ1) is 16.5. The van der Waals surface area contributed by atoms with Gasteiger partial charge in [-0.05, 0) is 25.8 Å². The van der Waals surface area contributed by atoms with E-state index in [1.165, 1.54) is 5.56 Å². The van der Waals surface area contributed by atoms with Gasteiger partial charge in [-0.1, -0.05) is 35.5 Å². The van der Waals surface area contributed by atoms with Crippen LogP contribution in [0.15, 0.2) is 34.9 Å². The Morgan fingerprint density at radius 2 is 2.12 bits per heavy atom. The van der Waals surface area contributed by atoms with Gasteiger partial charge in [0.25, 0.3) is 5.71 Å². The summed E-state index contributed by atoms with van der Waals surface area (Å²) in [6, 6.07) is 10.4. The van der Waals surface area contributed by atoms with Crippen molar-refractivity contribution in [3.8, 4) is 0 Å². The number of nitrogens with zero attached hydrogens (tertiary/aromatic N) is 4. The van der Waals surface area contributed by atoms with Crippen LogP contribution in [0.2, 0.25) is 0 Å². The number of ether oxygens (including phenoxy) is 1. The molecular weight excluding hydrogens is 332 g/mol. The number of esters is 1. The highest BCUT2D eigenvalue weighted by atomic mass is 16.5. The number of carbonyl (C=O) groups is 1. The molecule has 26 heavy (non-hydrogen) atoms. The normalized spacial score (nSPS) is 17.0. The van der Waals surface area contributed by atoms with Crippen molar-refractivity contribution in [2.24, 2.45) is 0 Å². The highest BCUT2D eigenvalue weighted by Gasteiger charge is 2.29. The Bertz CT molecular complexity index is 939. The molecule has 1 fully saturated rings. The number of hydrogen-bond donors (Lipinski definition) is 0. The summed E-state index contributed by atoms with van der Waals surface area (Å²) < 4.78 is 10.3. The van der Waals surface area contributed by atoms with Crippen LogP contribution in [0.3, 0.4) is 0 Å². The molecule has 0 bridgehead atoms. The molecule has 1 atom stereocenters. The van der Waals surface area contributed by atoms with Gasteiger partial charge in [-0.2, -0.15) is 4.98 Å². The molecule has 4 rings (SSSR count). The van der Waals surface area contributed by atoms with Crippen LogP contribution in [0.5, 0.6) is 0 Å². The third-order valence-corrected chi connectivity index (χ3v) is 4.70. The van der Waals surface area contributed by atoms with Crippen molar-refractivity contribution in [3.63, 3.8) is 0 Å². The molecule has 0 saturated carbocycles. The largest absolute Gasteiger partial charge is 0.460 e. The van der Waals surface area contributed by atoms with Gasteiger partial charge in [0.15, 0.2) is 0 Å². The maximum Gasteiger partial charge on any atom is 0.376 e. The molecule has 0 radical (unpaired) electrons. The minimum absolute atomic E-state index is 0.00802. The number of anilines is 1. The molecule has 1 saturated heterocycles. The topological polar surface area (TPSA) is 81.4 Å². The first-order valence-corrected chi connectivity index (χ1v) is 8.78. The molecule has 0 spiro atoms. The maximum absolute atomic E-state index is 12.1. The second-order valence-electron chi connectivity index (χ2n) is 6.38. The van der Waals surface area contributed by atoms with Crippen molar-refractivity contribution >= 4 is 22.9 Å². The molecule has 1 aliphatic heterocycles. The fraction of sp³-hybridized carbons (Fsp3) is 0.368. The molecule has 134 valence electrons. The summed E-state index contributed by atoms with van der Waals surface area (Å²) in [7, 11) is 0. The lowest BCUT2D eigenvalue weighted by molar-refractivity contribution is 0.0512. The molecule has 0 aliphatic carbocycles.